The van der Waals surface area contributed by atoms with Gasteiger partial charge in [-0.05, 0) is 61.8 Å². The lowest BCUT2D eigenvalue weighted by Gasteiger charge is -2.52. The van der Waals surface area contributed by atoms with E-state index in [9.17, 15) is 19.2 Å². The average Bonchev–Trinajstić information content (AvgIpc) is 2.72. The number of rotatable bonds is 9. The van der Waals surface area contributed by atoms with E-state index in [4.69, 9.17) is 19.1 Å². The molecule has 2 fully saturated rings. The summed E-state index contributed by atoms with van der Waals surface area (Å²) in [6.07, 6.45) is 2.73. The Bertz CT molecular complexity index is 820. The van der Waals surface area contributed by atoms with E-state index >= 15 is 0 Å². The van der Waals surface area contributed by atoms with Gasteiger partial charge in [0.2, 0.25) is 0 Å². The predicted octanol–water partition coefficient (Wildman–Crippen LogP) is 4.88. The minimum atomic E-state index is -1.03. The van der Waals surface area contributed by atoms with Crippen LogP contribution < -0.4 is 0 Å². The smallest absolute Gasteiger partial charge is 0.322 e. The molecule has 2 saturated heterocycles. The van der Waals surface area contributed by atoms with E-state index in [2.05, 4.69) is 0 Å². The maximum Gasteiger partial charge on any atom is 0.322 e. The number of esters is 2. The first-order chi connectivity index (χ1) is 17.7. The van der Waals surface area contributed by atoms with E-state index in [1.165, 1.54) is 13.8 Å². The molecule has 2 aliphatic heterocycles. The van der Waals surface area contributed by atoms with Crippen LogP contribution in [0.5, 0.6) is 0 Å². The molecule has 10 heteroatoms. The first-order valence-electron chi connectivity index (χ1n) is 14.1. The maximum absolute atomic E-state index is 13.4. The number of carbonyl (C=O) groups excluding carboxylic acids is 4. The lowest BCUT2D eigenvalue weighted by atomic mass is 9.80. The number of piperidine rings is 2. The summed E-state index contributed by atoms with van der Waals surface area (Å²) in [6, 6.07) is 0. The minimum absolute atomic E-state index is 0.340. The number of hydroxylamine groups is 4. The highest BCUT2D eigenvalue weighted by Crippen LogP contribution is 2.42. The molecule has 0 aliphatic carbocycles. The third kappa shape index (κ3) is 8.39. The van der Waals surface area contributed by atoms with Gasteiger partial charge in [0.1, 0.15) is 12.2 Å². The van der Waals surface area contributed by atoms with E-state index in [1.807, 2.05) is 62.3 Å². The zero-order valence-corrected chi connectivity index (χ0v) is 25.8. The van der Waals surface area contributed by atoms with Gasteiger partial charge in [0, 0.05) is 39.5 Å². The van der Waals surface area contributed by atoms with Crippen molar-refractivity contribution in [1.29, 1.82) is 0 Å². The van der Waals surface area contributed by atoms with Crippen molar-refractivity contribution < 1.29 is 38.3 Å². The van der Waals surface area contributed by atoms with E-state index in [-0.39, 0.29) is 0 Å². The molecule has 2 rings (SSSR count). The van der Waals surface area contributed by atoms with E-state index in [1.54, 1.807) is 10.1 Å². The zero-order valence-electron chi connectivity index (χ0n) is 25.8. The van der Waals surface area contributed by atoms with Gasteiger partial charge in [-0.2, -0.15) is 0 Å². The Morgan fingerprint density at radius 1 is 0.667 bits per heavy atom. The van der Waals surface area contributed by atoms with Crippen LogP contribution in [-0.4, -0.2) is 68.4 Å². The Hall–Kier alpha value is -2.20. The Balaban J connectivity index is 2.16. The largest absolute Gasteiger partial charge is 0.462 e. The van der Waals surface area contributed by atoms with Gasteiger partial charge < -0.3 is 19.1 Å². The molecule has 2 heterocycles. The summed E-state index contributed by atoms with van der Waals surface area (Å²) in [4.78, 5) is 61.3. The van der Waals surface area contributed by atoms with Crippen molar-refractivity contribution in [3.05, 3.63) is 0 Å². The van der Waals surface area contributed by atoms with Crippen molar-refractivity contribution in [1.82, 2.24) is 10.1 Å². The first-order valence-corrected chi connectivity index (χ1v) is 14.1. The predicted molar refractivity (Wildman–Crippen MR) is 145 cm³/mol. The number of unbranched alkanes of at least 4 members (excludes halogenated alkanes) is 1. The topological polar surface area (TPSA) is 112 Å². The number of ether oxygens (including phenoxy) is 2. The molecule has 0 aromatic rings. The number of nitrogens with zero attached hydrogens (tertiary/aromatic N) is 2. The maximum atomic E-state index is 13.4. The highest BCUT2D eigenvalue weighted by molar-refractivity contribution is 5.95. The lowest BCUT2D eigenvalue weighted by Crippen LogP contribution is -2.62. The molecule has 224 valence electrons. The molecule has 0 radical (unpaired) electrons. The molecular weight excluding hydrogens is 504 g/mol. The molecule has 0 aromatic heterocycles. The molecule has 0 N–H and O–H groups in total. The van der Waals surface area contributed by atoms with Gasteiger partial charge >= 0.3 is 23.9 Å². The second-order valence-corrected chi connectivity index (χ2v) is 13.6. The normalized spacial score (nSPS) is 23.2. The minimum Gasteiger partial charge on any atom is -0.462 e. The summed E-state index contributed by atoms with van der Waals surface area (Å²) in [6.45, 7) is 20.2. The Labute approximate surface area is 233 Å². The third-order valence-corrected chi connectivity index (χ3v) is 7.53. The molecular formula is C29H50N2O8. The molecule has 0 amide bonds. The van der Waals surface area contributed by atoms with Gasteiger partial charge in [-0.3, -0.25) is 19.2 Å². The Morgan fingerprint density at radius 2 is 0.974 bits per heavy atom. The van der Waals surface area contributed by atoms with Crippen LogP contribution in [-0.2, 0) is 38.3 Å². The average molecular weight is 555 g/mol. The summed E-state index contributed by atoms with van der Waals surface area (Å²) >= 11 is 0. The lowest BCUT2D eigenvalue weighted by molar-refractivity contribution is -0.277. The Morgan fingerprint density at radius 3 is 1.23 bits per heavy atom. The first kappa shape index (κ1) is 33.0. The van der Waals surface area contributed by atoms with Gasteiger partial charge in [0.25, 0.3) is 0 Å². The molecule has 0 unspecified atom stereocenters. The van der Waals surface area contributed by atoms with Crippen LogP contribution in [0.15, 0.2) is 0 Å². The van der Waals surface area contributed by atoms with Gasteiger partial charge in [0.15, 0.2) is 5.92 Å². The number of hydrogen-bond donors (Lipinski definition) is 0. The quantitative estimate of drug-likeness (QED) is 0.289. The molecule has 2 aliphatic rings. The fourth-order valence-electron chi connectivity index (χ4n) is 6.49. The fourth-order valence-corrected chi connectivity index (χ4v) is 6.49. The van der Waals surface area contributed by atoms with Crippen LogP contribution >= 0.6 is 0 Å². The standard InChI is InChI=1S/C29H50N2O8/c1-12-13-14-23(24(34)36-21-15-26(4,5)30(38-19(2)32)27(6,7)16-21)25(35)37-22-17-28(8,9)31(39-20(3)33)29(10,11)18-22/h21-23H,12-18H2,1-11H3. The monoisotopic (exact) mass is 554 g/mol. The highest BCUT2D eigenvalue weighted by atomic mass is 16.7. The van der Waals surface area contributed by atoms with Crippen molar-refractivity contribution in [2.24, 2.45) is 5.92 Å². The van der Waals surface area contributed by atoms with Gasteiger partial charge in [-0.25, -0.2) is 0 Å². The van der Waals surface area contributed by atoms with E-state index in [0.29, 0.717) is 38.5 Å². The number of hydrogen-bond acceptors (Lipinski definition) is 10. The van der Waals surface area contributed by atoms with Gasteiger partial charge in [-0.1, -0.05) is 19.8 Å². The van der Waals surface area contributed by atoms with Crippen molar-refractivity contribution in [2.75, 3.05) is 0 Å². The second-order valence-electron chi connectivity index (χ2n) is 13.6. The van der Waals surface area contributed by atoms with E-state index in [0.717, 1.165) is 6.42 Å². The van der Waals surface area contributed by atoms with E-state index < -0.39 is 64.2 Å². The van der Waals surface area contributed by atoms with Crippen LogP contribution in [0.3, 0.4) is 0 Å². The van der Waals surface area contributed by atoms with Crippen molar-refractivity contribution in [3.8, 4) is 0 Å². The van der Waals surface area contributed by atoms with Crippen LogP contribution in [0.4, 0.5) is 0 Å². The summed E-state index contributed by atoms with van der Waals surface area (Å²) in [5, 5.41) is 3.36. The second kappa shape index (κ2) is 12.1. The Kier molecular flexibility index (Phi) is 10.3. The van der Waals surface area contributed by atoms with Crippen molar-refractivity contribution >= 4 is 23.9 Å². The third-order valence-electron chi connectivity index (χ3n) is 7.53. The summed E-state index contributed by atoms with van der Waals surface area (Å²) < 4.78 is 11.9. The summed E-state index contributed by atoms with van der Waals surface area (Å²) in [5.41, 5.74) is -2.31. The van der Waals surface area contributed by atoms with Gasteiger partial charge in [0.05, 0.1) is 22.2 Å². The summed E-state index contributed by atoms with van der Waals surface area (Å²) in [5.74, 6) is -3.00. The van der Waals surface area contributed by atoms with Gasteiger partial charge in [-0.15, -0.1) is 10.1 Å². The molecule has 0 saturated carbocycles. The van der Waals surface area contributed by atoms with Crippen LogP contribution in [0.25, 0.3) is 0 Å². The van der Waals surface area contributed by atoms with Crippen LogP contribution in [0.1, 0.15) is 121 Å². The molecule has 0 spiro atoms. The zero-order chi connectivity index (χ0) is 30.0. The SMILES string of the molecule is CCCCC(C(=O)OC1CC(C)(C)N(OC(C)=O)C(C)(C)C1)C(=O)OC1CC(C)(C)N(OC(C)=O)C(C)(C)C1. The molecule has 0 bridgehead atoms. The van der Waals surface area contributed by atoms with Crippen molar-refractivity contribution in [2.45, 2.75) is 155 Å². The molecule has 0 aromatic carbocycles. The number of carbonyl (C=O) groups is 4. The fraction of sp³-hybridized carbons (Fsp3) is 0.862. The summed E-state index contributed by atoms with van der Waals surface area (Å²) in [7, 11) is 0. The van der Waals surface area contributed by atoms with Crippen LogP contribution in [0, 0.1) is 5.92 Å². The highest BCUT2D eigenvalue weighted by Gasteiger charge is 2.51. The van der Waals surface area contributed by atoms with Crippen molar-refractivity contribution in [3.63, 3.8) is 0 Å². The molecule has 39 heavy (non-hydrogen) atoms. The molecule has 10 nitrogen and oxygen atoms in total. The van der Waals surface area contributed by atoms with Crippen LogP contribution in [0.2, 0.25) is 0 Å². The molecule has 0 atom stereocenters.